The normalized spacial score (nSPS) is 11.2. The smallest absolute Gasteiger partial charge is 0.294 e. The second kappa shape index (κ2) is 7.40. The molecule has 0 spiro atoms. The van der Waals surface area contributed by atoms with E-state index in [2.05, 4.69) is 4.99 Å². The number of para-hydroxylation sites is 4. The van der Waals surface area contributed by atoms with Crippen molar-refractivity contribution in [3.8, 4) is 11.4 Å². The number of rotatable bonds is 4. The maximum atomic E-state index is 13.2. The van der Waals surface area contributed by atoms with Crippen LogP contribution in [0.25, 0.3) is 16.6 Å². The molecule has 0 aliphatic rings. The number of nitro benzene ring substituents is 1. The standard InChI is InChI=1S/C22H15N3O4/c26-21-16-10-4-6-12-19(16)24(15-8-2-1-3-9-15)22(27)17(21)14-23-18-11-5-7-13-20(18)25(28)29/h1-14,26H. The van der Waals surface area contributed by atoms with Gasteiger partial charge in [0.15, 0.2) is 0 Å². The van der Waals surface area contributed by atoms with Gasteiger partial charge in [0.05, 0.1) is 10.4 Å². The first kappa shape index (κ1) is 18.1. The molecule has 142 valence electrons. The van der Waals surface area contributed by atoms with E-state index in [9.17, 15) is 20.0 Å². The summed E-state index contributed by atoms with van der Waals surface area (Å²) in [4.78, 5) is 28.0. The van der Waals surface area contributed by atoms with E-state index in [0.29, 0.717) is 16.6 Å². The lowest BCUT2D eigenvalue weighted by molar-refractivity contribution is -0.384. The maximum Gasteiger partial charge on any atom is 0.294 e. The van der Waals surface area contributed by atoms with Gasteiger partial charge < -0.3 is 5.11 Å². The molecule has 1 N–H and O–H groups in total. The van der Waals surface area contributed by atoms with Crippen LogP contribution in [0.5, 0.6) is 5.75 Å². The van der Waals surface area contributed by atoms with Crippen LogP contribution in [0.4, 0.5) is 11.4 Å². The van der Waals surface area contributed by atoms with Crippen LogP contribution >= 0.6 is 0 Å². The minimum Gasteiger partial charge on any atom is -0.506 e. The first-order valence-electron chi connectivity index (χ1n) is 8.77. The predicted octanol–water partition coefficient (Wildman–Crippen LogP) is 4.36. The third-order valence-electron chi connectivity index (χ3n) is 4.51. The average Bonchev–Trinajstić information content (AvgIpc) is 2.75. The molecule has 0 amide bonds. The summed E-state index contributed by atoms with van der Waals surface area (Å²) in [5.74, 6) is -0.222. The van der Waals surface area contributed by atoms with Crippen molar-refractivity contribution in [2.24, 2.45) is 4.99 Å². The molecular weight excluding hydrogens is 370 g/mol. The SMILES string of the molecule is O=c1c(C=Nc2ccccc2[N+](=O)[O-])c(O)c2ccccc2n1-c1ccccc1. The summed E-state index contributed by atoms with van der Waals surface area (Å²) < 4.78 is 1.48. The van der Waals surface area contributed by atoms with Gasteiger partial charge in [-0.2, -0.15) is 0 Å². The Kier molecular flexibility index (Phi) is 4.62. The van der Waals surface area contributed by atoms with Gasteiger partial charge in [0.25, 0.3) is 11.2 Å². The van der Waals surface area contributed by atoms with Crippen LogP contribution < -0.4 is 5.56 Å². The first-order chi connectivity index (χ1) is 14.1. The minimum absolute atomic E-state index is 0.0503. The highest BCUT2D eigenvalue weighted by Crippen LogP contribution is 2.29. The van der Waals surface area contributed by atoms with Gasteiger partial charge in [0, 0.05) is 23.4 Å². The monoisotopic (exact) mass is 385 g/mol. The summed E-state index contributed by atoms with van der Waals surface area (Å²) in [7, 11) is 0. The number of aromatic hydroxyl groups is 1. The zero-order chi connectivity index (χ0) is 20.4. The van der Waals surface area contributed by atoms with Gasteiger partial charge in [0.1, 0.15) is 17.0 Å². The summed E-state index contributed by atoms with van der Waals surface area (Å²) >= 11 is 0. The molecule has 29 heavy (non-hydrogen) atoms. The second-order valence-electron chi connectivity index (χ2n) is 6.26. The Balaban J connectivity index is 1.97. The maximum absolute atomic E-state index is 13.2. The third kappa shape index (κ3) is 3.25. The van der Waals surface area contributed by atoms with Crippen molar-refractivity contribution >= 4 is 28.5 Å². The Morgan fingerprint density at radius 3 is 2.34 bits per heavy atom. The van der Waals surface area contributed by atoms with E-state index in [1.807, 2.05) is 18.2 Å². The molecule has 0 saturated carbocycles. The summed E-state index contributed by atoms with van der Waals surface area (Å²) in [5.41, 5.74) is 0.557. The lowest BCUT2D eigenvalue weighted by Gasteiger charge is -2.13. The van der Waals surface area contributed by atoms with Crippen LogP contribution in [-0.2, 0) is 0 Å². The number of nitro groups is 1. The van der Waals surface area contributed by atoms with E-state index in [1.165, 1.54) is 29.0 Å². The van der Waals surface area contributed by atoms with E-state index in [-0.39, 0.29) is 22.7 Å². The molecular formula is C22H15N3O4. The van der Waals surface area contributed by atoms with Crippen LogP contribution in [0.2, 0.25) is 0 Å². The third-order valence-corrected chi connectivity index (χ3v) is 4.51. The Morgan fingerprint density at radius 1 is 0.931 bits per heavy atom. The molecule has 4 aromatic rings. The minimum atomic E-state index is -0.546. The van der Waals surface area contributed by atoms with Crippen molar-refractivity contribution in [3.05, 3.63) is 105 Å². The van der Waals surface area contributed by atoms with Gasteiger partial charge in [0.2, 0.25) is 0 Å². The molecule has 0 aliphatic heterocycles. The molecule has 0 fully saturated rings. The fourth-order valence-corrected chi connectivity index (χ4v) is 3.16. The topological polar surface area (TPSA) is 97.7 Å². The highest BCUT2D eigenvalue weighted by Gasteiger charge is 2.17. The number of hydrogen-bond donors (Lipinski definition) is 1. The van der Waals surface area contributed by atoms with Gasteiger partial charge in [-0.3, -0.25) is 19.5 Å². The molecule has 0 aliphatic carbocycles. The number of nitrogens with zero attached hydrogens (tertiary/aromatic N) is 3. The van der Waals surface area contributed by atoms with Crippen LogP contribution in [0.1, 0.15) is 5.56 Å². The Morgan fingerprint density at radius 2 is 1.59 bits per heavy atom. The molecule has 0 saturated heterocycles. The Bertz CT molecular complexity index is 1310. The number of aromatic nitrogens is 1. The summed E-state index contributed by atoms with van der Waals surface area (Å²) in [6.45, 7) is 0. The van der Waals surface area contributed by atoms with Crippen LogP contribution in [0.15, 0.2) is 88.6 Å². The lowest BCUT2D eigenvalue weighted by atomic mass is 10.1. The van der Waals surface area contributed by atoms with Crippen molar-refractivity contribution in [2.75, 3.05) is 0 Å². The highest BCUT2D eigenvalue weighted by molar-refractivity contribution is 5.96. The Hall–Kier alpha value is -4.26. The zero-order valence-corrected chi connectivity index (χ0v) is 15.1. The molecule has 0 bridgehead atoms. The number of aliphatic imine (C=N–C) groups is 1. The van der Waals surface area contributed by atoms with Gasteiger partial charge >= 0.3 is 0 Å². The van der Waals surface area contributed by atoms with E-state index < -0.39 is 10.5 Å². The summed E-state index contributed by atoms with van der Waals surface area (Å²) in [5, 5.41) is 22.4. The van der Waals surface area contributed by atoms with E-state index in [4.69, 9.17) is 0 Å². The van der Waals surface area contributed by atoms with Crippen molar-refractivity contribution in [1.82, 2.24) is 4.57 Å². The molecule has 1 aromatic heterocycles. The van der Waals surface area contributed by atoms with Gasteiger partial charge in [-0.15, -0.1) is 0 Å². The largest absolute Gasteiger partial charge is 0.506 e. The fraction of sp³-hybridized carbons (Fsp3) is 0. The van der Waals surface area contributed by atoms with Crippen molar-refractivity contribution < 1.29 is 10.0 Å². The fourth-order valence-electron chi connectivity index (χ4n) is 3.16. The number of fused-ring (bicyclic) bond motifs is 1. The molecule has 7 heteroatoms. The highest BCUT2D eigenvalue weighted by atomic mass is 16.6. The van der Waals surface area contributed by atoms with Gasteiger partial charge in [-0.25, -0.2) is 4.99 Å². The molecule has 1 heterocycles. The molecule has 4 rings (SSSR count). The van der Waals surface area contributed by atoms with E-state index >= 15 is 0 Å². The van der Waals surface area contributed by atoms with E-state index in [1.54, 1.807) is 42.5 Å². The van der Waals surface area contributed by atoms with Crippen molar-refractivity contribution in [1.29, 1.82) is 0 Å². The number of benzene rings is 3. The molecule has 3 aromatic carbocycles. The van der Waals surface area contributed by atoms with E-state index in [0.717, 1.165) is 0 Å². The van der Waals surface area contributed by atoms with Gasteiger partial charge in [-0.1, -0.05) is 42.5 Å². The second-order valence-corrected chi connectivity index (χ2v) is 6.26. The van der Waals surface area contributed by atoms with Crippen LogP contribution in [0.3, 0.4) is 0 Å². The summed E-state index contributed by atoms with van der Waals surface area (Å²) in [6, 6.07) is 22.0. The predicted molar refractivity (Wildman–Crippen MR) is 112 cm³/mol. The summed E-state index contributed by atoms with van der Waals surface area (Å²) in [6.07, 6.45) is 1.17. The van der Waals surface area contributed by atoms with Gasteiger partial charge in [-0.05, 0) is 30.3 Å². The number of pyridine rings is 1. The Labute approximate surface area is 165 Å². The quantitative estimate of drug-likeness (QED) is 0.321. The molecule has 0 unspecified atom stereocenters. The zero-order valence-electron chi connectivity index (χ0n) is 15.1. The van der Waals surface area contributed by atoms with Crippen LogP contribution in [0, 0.1) is 10.1 Å². The van der Waals surface area contributed by atoms with Crippen molar-refractivity contribution in [3.63, 3.8) is 0 Å². The van der Waals surface area contributed by atoms with Crippen LogP contribution in [-0.4, -0.2) is 20.8 Å². The molecule has 7 nitrogen and oxygen atoms in total. The number of hydrogen-bond acceptors (Lipinski definition) is 5. The molecule has 0 atom stereocenters. The van der Waals surface area contributed by atoms with Crippen molar-refractivity contribution in [2.45, 2.75) is 0 Å². The average molecular weight is 385 g/mol. The molecule has 0 radical (unpaired) electrons. The lowest BCUT2D eigenvalue weighted by Crippen LogP contribution is -2.22. The first-order valence-corrected chi connectivity index (χ1v) is 8.77.